The van der Waals surface area contributed by atoms with Crippen molar-refractivity contribution >= 4 is 7.98 Å². The van der Waals surface area contributed by atoms with Crippen molar-refractivity contribution in [3.8, 4) is 0 Å². The summed E-state index contributed by atoms with van der Waals surface area (Å²) in [5, 5.41) is 8.17. The van der Waals surface area contributed by atoms with Gasteiger partial charge < -0.3 is 4.81 Å². The van der Waals surface area contributed by atoms with E-state index in [9.17, 15) is 0 Å². The molecule has 1 saturated heterocycles. The molecule has 0 amide bonds. The molecule has 0 N–H and O–H groups in total. The molecule has 5 nitrogen and oxygen atoms in total. The fourth-order valence-corrected chi connectivity index (χ4v) is 1.84. The second kappa shape index (κ2) is 5.45. The third kappa shape index (κ3) is 3.06. The highest BCUT2D eigenvalue weighted by molar-refractivity contribution is 6.04. The largest absolute Gasteiger partial charge is 0.351 e. The Kier molecular flexibility index (Phi) is 3.95. The van der Waals surface area contributed by atoms with Gasteiger partial charge in [-0.05, 0) is 19.5 Å². The first kappa shape index (κ1) is 11.6. The van der Waals surface area contributed by atoms with E-state index in [0.29, 0.717) is 0 Å². The van der Waals surface area contributed by atoms with E-state index in [2.05, 4.69) is 22.1 Å². The zero-order valence-corrected chi connectivity index (χ0v) is 9.84. The number of hydrogen-bond donors (Lipinski definition) is 0. The third-order valence-corrected chi connectivity index (χ3v) is 3.00. The first-order valence-electron chi connectivity index (χ1n) is 5.89. The summed E-state index contributed by atoms with van der Waals surface area (Å²) < 4.78 is 1.92. The van der Waals surface area contributed by atoms with Gasteiger partial charge in [0.15, 0.2) is 7.98 Å². The van der Waals surface area contributed by atoms with Crippen LogP contribution in [-0.4, -0.2) is 65.4 Å². The normalized spacial score (nSPS) is 19.1. The highest BCUT2D eigenvalue weighted by atomic mass is 15.4. The molecule has 0 aliphatic carbocycles. The zero-order valence-electron chi connectivity index (χ0n) is 9.84. The number of rotatable bonds is 4. The molecule has 0 saturated carbocycles. The van der Waals surface area contributed by atoms with Crippen LogP contribution in [0.1, 0.15) is 12.6 Å². The van der Waals surface area contributed by atoms with Gasteiger partial charge >= 0.3 is 0 Å². The van der Waals surface area contributed by atoms with Gasteiger partial charge in [-0.15, -0.1) is 5.10 Å². The smallest absolute Gasteiger partial charge is 0.182 e. The molecular weight excluding hydrogens is 201 g/mol. The van der Waals surface area contributed by atoms with Crippen LogP contribution < -0.4 is 0 Å². The lowest BCUT2D eigenvalue weighted by molar-refractivity contribution is 0.183. The van der Waals surface area contributed by atoms with Crippen molar-refractivity contribution in [2.45, 2.75) is 19.9 Å². The van der Waals surface area contributed by atoms with Crippen LogP contribution in [0.4, 0.5) is 0 Å². The number of nitrogens with zero attached hydrogens (tertiary/aromatic N) is 5. The summed E-state index contributed by atoms with van der Waals surface area (Å²) in [6, 6.07) is 0. The summed E-state index contributed by atoms with van der Waals surface area (Å²) in [6.07, 6.45) is 2.98. The van der Waals surface area contributed by atoms with Crippen LogP contribution >= 0.6 is 0 Å². The van der Waals surface area contributed by atoms with Crippen LogP contribution in [0.25, 0.3) is 0 Å². The Bertz CT molecular complexity index is 319. The number of hydrogen-bond acceptors (Lipinski definition) is 4. The van der Waals surface area contributed by atoms with Crippen LogP contribution in [-0.2, 0) is 13.0 Å². The van der Waals surface area contributed by atoms with E-state index in [1.165, 1.54) is 0 Å². The zero-order chi connectivity index (χ0) is 11.4. The number of aromatic nitrogens is 3. The standard InChI is InChI=1S/C10H18BN5/c1-2-10-9-16(13-12-10)8-5-14-3-6-15(11)7-4-14/h9H,2-8H2,1H3. The van der Waals surface area contributed by atoms with E-state index in [-0.39, 0.29) is 0 Å². The molecule has 6 heteroatoms. The van der Waals surface area contributed by atoms with Crippen LogP contribution in [0, 0.1) is 0 Å². The Morgan fingerprint density at radius 1 is 1.25 bits per heavy atom. The van der Waals surface area contributed by atoms with Crippen molar-refractivity contribution in [3.05, 3.63) is 11.9 Å². The van der Waals surface area contributed by atoms with Crippen molar-refractivity contribution in [1.29, 1.82) is 0 Å². The minimum atomic E-state index is 0.914. The summed E-state index contributed by atoms with van der Waals surface area (Å²) in [7, 11) is 5.70. The highest BCUT2D eigenvalue weighted by Gasteiger charge is 2.12. The summed E-state index contributed by atoms with van der Waals surface area (Å²) >= 11 is 0. The van der Waals surface area contributed by atoms with Gasteiger partial charge in [0.2, 0.25) is 0 Å². The molecule has 0 aromatic carbocycles. The predicted octanol–water partition coefficient (Wildman–Crippen LogP) is -0.458. The number of piperazine rings is 1. The van der Waals surface area contributed by atoms with Crippen molar-refractivity contribution in [2.75, 3.05) is 32.7 Å². The second-order valence-electron chi connectivity index (χ2n) is 4.20. The van der Waals surface area contributed by atoms with Crippen molar-refractivity contribution in [3.63, 3.8) is 0 Å². The maximum atomic E-state index is 5.70. The van der Waals surface area contributed by atoms with E-state index >= 15 is 0 Å². The Morgan fingerprint density at radius 2 is 2.00 bits per heavy atom. The molecule has 0 spiro atoms. The first-order valence-corrected chi connectivity index (χ1v) is 5.89. The fourth-order valence-electron chi connectivity index (χ4n) is 1.84. The average Bonchev–Trinajstić information content (AvgIpc) is 2.76. The Labute approximate surface area is 97.8 Å². The summed E-state index contributed by atoms with van der Waals surface area (Å²) in [6.45, 7) is 8.04. The third-order valence-electron chi connectivity index (χ3n) is 3.00. The molecule has 2 heterocycles. The van der Waals surface area contributed by atoms with Gasteiger partial charge in [-0.3, -0.25) is 9.58 Å². The first-order chi connectivity index (χ1) is 7.78. The van der Waals surface area contributed by atoms with Crippen molar-refractivity contribution < 1.29 is 0 Å². The van der Waals surface area contributed by atoms with Crippen LogP contribution in [0.3, 0.4) is 0 Å². The summed E-state index contributed by atoms with van der Waals surface area (Å²) in [4.78, 5) is 4.29. The lowest BCUT2D eigenvalue weighted by atomic mass is 10.2. The number of aryl methyl sites for hydroxylation is 1. The predicted molar refractivity (Wildman–Crippen MR) is 63.2 cm³/mol. The van der Waals surface area contributed by atoms with Gasteiger partial charge in [0.1, 0.15) is 0 Å². The molecule has 0 unspecified atom stereocenters. The molecule has 0 bridgehead atoms. The van der Waals surface area contributed by atoms with Gasteiger partial charge in [-0.25, -0.2) is 0 Å². The Hall–Kier alpha value is -0.875. The lowest BCUT2D eigenvalue weighted by Gasteiger charge is -2.32. The van der Waals surface area contributed by atoms with Gasteiger partial charge in [0.05, 0.1) is 12.2 Å². The molecule has 86 valence electrons. The lowest BCUT2D eigenvalue weighted by Crippen LogP contribution is -2.46. The average molecular weight is 219 g/mol. The molecule has 1 aromatic rings. The Morgan fingerprint density at radius 3 is 2.62 bits per heavy atom. The van der Waals surface area contributed by atoms with Crippen molar-refractivity contribution in [1.82, 2.24) is 24.7 Å². The molecule has 2 radical (unpaired) electrons. The molecule has 2 rings (SSSR count). The van der Waals surface area contributed by atoms with Gasteiger partial charge in [-0.1, -0.05) is 12.1 Å². The monoisotopic (exact) mass is 219 g/mol. The van der Waals surface area contributed by atoms with Gasteiger partial charge in [0.25, 0.3) is 0 Å². The van der Waals surface area contributed by atoms with E-state index in [1.54, 1.807) is 0 Å². The molecule has 1 aliphatic heterocycles. The van der Waals surface area contributed by atoms with Crippen LogP contribution in [0.5, 0.6) is 0 Å². The van der Waals surface area contributed by atoms with E-state index in [1.807, 2.05) is 15.7 Å². The second-order valence-corrected chi connectivity index (χ2v) is 4.20. The van der Waals surface area contributed by atoms with E-state index in [0.717, 1.165) is 51.4 Å². The van der Waals surface area contributed by atoms with E-state index < -0.39 is 0 Å². The van der Waals surface area contributed by atoms with Crippen molar-refractivity contribution in [2.24, 2.45) is 0 Å². The molecule has 0 atom stereocenters. The molecular formula is C10H18BN5. The molecule has 16 heavy (non-hydrogen) atoms. The van der Waals surface area contributed by atoms with Gasteiger partial charge in [-0.2, -0.15) is 0 Å². The highest BCUT2D eigenvalue weighted by Crippen LogP contribution is 1.99. The summed E-state index contributed by atoms with van der Waals surface area (Å²) in [5.41, 5.74) is 1.06. The van der Waals surface area contributed by atoms with Crippen LogP contribution in [0.2, 0.25) is 0 Å². The maximum absolute atomic E-state index is 5.70. The molecule has 1 fully saturated rings. The van der Waals surface area contributed by atoms with E-state index in [4.69, 9.17) is 7.98 Å². The van der Waals surface area contributed by atoms with Crippen LogP contribution in [0.15, 0.2) is 6.20 Å². The molecule has 1 aliphatic rings. The van der Waals surface area contributed by atoms with Gasteiger partial charge in [0, 0.05) is 25.8 Å². The SMILES string of the molecule is [B]N1CCN(CCn2cc(CC)nn2)CC1. The minimum Gasteiger partial charge on any atom is -0.351 e. The Balaban J connectivity index is 1.74. The fraction of sp³-hybridized carbons (Fsp3) is 0.800. The maximum Gasteiger partial charge on any atom is 0.182 e. The quantitative estimate of drug-likeness (QED) is 0.642. The minimum absolute atomic E-state index is 0.914. The molecule has 1 aromatic heterocycles. The summed E-state index contributed by atoms with van der Waals surface area (Å²) in [5.74, 6) is 0. The topological polar surface area (TPSA) is 37.2 Å².